The van der Waals surface area contributed by atoms with Gasteiger partial charge in [-0.15, -0.1) is 0 Å². The lowest BCUT2D eigenvalue weighted by Gasteiger charge is -2.38. The van der Waals surface area contributed by atoms with Crippen LogP contribution in [0.25, 0.3) is 0 Å². The Morgan fingerprint density at radius 3 is 1.94 bits per heavy atom. The van der Waals surface area contributed by atoms with Crippen molar-refractivity contribution in [2.24, 2.45) is 5.92 Å². The third-order valence-corrected chi connectivity index (χ3v) is 7.67. The molecule has 172 valence electrons. The third-order valence-electron chi connectivity index (χ3n) is 7.67. The van der Waals surface area contributed by atoms with E-state index in [2.05, 4.69) is 59.5 Å². The Balaban J connectivity index is 1.47. The second-order valence-electron chi connectivity index (χ2n) is 10.0. The maximum atomic E-state index is 13.6. The molecule has 4 rings (SSSR count). The largest absolute Gasteiger partial charge is 0.298 e. The predicted octanol–water partition coefficient (Wildman–Crippen LogP) is 7.51. The monoisotopic (exact) mass is 431 g/mol. The molecule has 0 radical (unpaired) electrons. The first kappa shape index (κ1) is 23.2. The number of benzene rings is 2. The quantitative estimate of drug-likeness (QED) is 0.499. The molecular weight excluding hydrogens is 390 g/mol. The number of fused-ring (bicyclic) bond motifs is 1. The molecule has 0 amide bonds. The third kappa shape index (κ3) is 6.32. The van der Waals surface area contributed by atoms with Crippen LogP contribution in [-0.2, 0) is 11.2 Å². The Labute approximate surface area is 195 Å². The molecule has 2 nitrogen and oxygen atoms in total. The van der Waals surface area contributed by atoms with E-state index in [4.69, 9.17) is 0 Å². The van der Waals surface area contributed by atoms with Crippen molar-refractivity contribution in [1.29, 1.82) is 0 Å². The Bertz CT molecular complexity index is 816. The van der Waals surface area contributed by atoms with Crippen molar-refractivity contribution in [2.75, 3.05) is 13.1 Å². The minimum absolute atomic E-state index is 0.194. The summed E-state index contributed by atoms with van der Waals surface area (Å²) in [5.74, 6) is 0.740. The average molecular weight is 432 g/mol. The molecule has 1 aliphatic carbocycles. The molecule has 32 heavy (non-hydrogen) atoms. The normalized spacial score (nSPS) is 22.2. The minimum Gasteiger partial charge on any atom is -0.298 e. The smallest absolute Gasteiger partial charge is 0.149 e. The van der Waals surface area contributed by atoms with Gasteiger partial charge in [-0.2, -0.15) is 0 Å². The van der Waals surface area contributed by atoms with Gasteiger partial charge in [-0.25, -0.2) is 0 Å². The molecule has 2 aromatic carbocycles. The first-order valence-corrected chi connectivity index (χ1v) is 13.2. The van der Waals surface area contributed by atoms with Crippen molar-refractivity contribution in [3.05, 3.63) is 71.3 Å². The maximum Gasteiger partial charge on any atom is 0.149 e. The van der Waals surface area contributed by atoms with Crippen molar-refractivity contribution < 1.29 is 4.79 Å². The Kier molecular flexibility index (Phi) is 8.97. The lowest BCUT2D eigenvalue weighted by Crippen LogP contribution is -2.41. The first-order valence-electron chi connectivity index (χ1n) is 13.2. The van der Waals surface area contributed by atoms with Crippen LogP contribution in [0.15, 0.2) is 54.6 Å². The van der Waals surface area contributed by atoms with Gasteiger partial charge < -0.3 is 0 Å². The van der Waals surface area contributed by atoms with E-state index in [1.54, 1.807) is 0 Å². The summed E-state index contributed by atoms with van der Waals surface area (Å²) >= 11 is 0. The highest BCUT2D eigenvalue weighted by atomic mass is 16.1. The SMILES string of the molecule is O=C(CN1CCc2ccccc2C1c1ccccc1)C1CCCCCCCCCCCC1. The minimum atomic E-state index is 0.194. The molecule has 0 saturated heterocycles. The Morgan fingerprint density at radius 2 is 1.28 bits per heavy atom. The van der Waals surface area contributed by atoms with Gasteiger partial charge >= 0.3 is 0 Å². The zero-order valence-electron chi connectivity index (χ0n) is 19.8. The van der Waals surface area contributed by atoms with Crippen LogP contribution in [0.2, 0.25) is 0 Å². The fourth-order valence-electron chi connectivity index (χ4n) is 5.81. The van der Waals surface area contributed by atoms with Crippen LogP contribution < -0.4 is 0 Å². The predicted molar refractivity (Wildman–Crippen MR) is 134 cm³/mol. The van der Waals surface area contributed by atoms with E-state index in [0.717, 1.165) is 25.8 Å². The highest BCUT2D eigenvalue weighted by molar-refractivity contribution is 5.83. The number of hydrogen-bond donors (Lipinski definition) is 0. The topological polar surface area (TPSA) is 20.3 Å². The Morgan fingerprint density at radius 1 is 0.719 bits per heavy atom. The maximum absolute atomic E-state index is 13.6. The molecule has 0 N–H and O–H groups in total. The second kappa shape index (κ2) is 12.3. The van der Waals surface area contributed by atoms with Crippen LogP contribution >= 0.6 is 0 Å². The lowest BCUT2D eigenvalue weighted by molar-refractivity contribution is -0.125. The van der Waals surface area contributed by atoms with E-state index >= 15 is 0 Å². The molecule has 1 aliphatic heterocycles. The number of hydrogen-bond acceptors (Lipinski definition) is 2. The van der Waals surface area contributed by atoms with Crippen LogP contribution in [0.4, 0.5) is 0 Å². The summed E-state index contributed by atoms with van der Waals surface area (Å²) in [6.07, 6.45) is 16.5. The zero-order chi connectivity index (χ0) is 22.0. The van der Waals surface area contributed by atoms with Crippen LogP contribution in [0.3, 0.4) is 0 Å². The molecule has 2 heteroatoms. The van der Waals surface area contributed by atoms with Gasteiger partial charge in [0, 0.05) is 12.5 Å². The summed E-state index contributed by atoms with van der Waals surface area (Å²) in [6, 6.07) is 19.8. The number of nitrogens with zero attached hydrogens (tertiary/aromatic N) is 1. The second-order valence-corrected chi connectivity index (χ2v) is 10.0. The summed E-state index contributed by atoms with van der Waals surface area (Å²) in [5, 5.41) is 0. The molecule has 1 heterocycles. The number of Topliss-reactive ketones (excluding diaryl/α,β-unsaturated/α-hetero) is 1. The van der Waals surface area contributed by atoms with Crippen LogP contribution in [-0.4, -0.2) is 23.8 Å². The number of ketones is 1. The van der Waals surface area contributed by atoms with Gasteiger partial charge in [0.2, 0.25) is 0 Å². The number of rotatable bonds is 4. The summed E-state index contributed by atoms with van der Waals surface area (Å²) in [6.45, 7) is 1.56. The van der Waals surface area contributed by atoms with Crippen molar-refractivity contribution in [3.8, 4) is 0 Å². The van der Waals surface area contributed by atoms with E-state index in [0.29, 0.717) is 12.3 Å². The van der Waals surface area contributed by atoms with E-state index in [1.165, 1.54) is 80.9 Å². The fourth-order valence-corrected chi connectivity index (χ4v) is 5.81. The molecule has 0 aromatic heterocycles. The molecule has 0 bridgehead atoms. The van der Waals surface area contributed by atoms with Crippen LogP contribution in [0.1, 0.15) is 99.8 Å². The van der Waals surface area contributed by atoms with Crippen molar-refractivity contribution in [3.63, 3.8) is 0 Å². The molecule has 2 aromatic rings. The number of carbonyl (C=O) groups excluding carboxylic acids is 1. The standard InChI is InChI=1S/C30H41NO/c32-29(26-17-10-7-5-3-1-2-4-6-8-11-18-26)24-31-23-22-25-16-14-15-21-28(25)30(31)27-19-12-9-13-20-27/h9,12-16,19-21,26,30H,1-8,10-11,17-18,22-24H2. The Hall–Kier alpha value is -1.93. The summed E-state index contributed by atoms with van der Waals surface area (Å²) in [4.78, 5) is 16.1. The van der Waals surface area contributed by atoms with Gasteiger partial charge in [0.05, 0.1) is 12.6 Å². The zero-order valence-corrected chi connectivity index (χ0v) is 19.8. The molecule has 1 atom stereocenters. The average Bonchev–Trinajstić information content (AvgIpc) is 2.86. The van der Waals surface area contributed by atoms with E-state index in [-0.39, 0.29) is 12.0 Å². The molecule has 2 aliphatic rings. The number of carbonyl (C=O) groups is 1. The summed E-state index contributed by atoms with van der Waals surface area (Å²) in [7, 11) is 0. The van der Waals surface area contributed by atoms with Crippen molar-refractivity contribution in [2.45, 2.75) is 89.5 Å². The van der Waals surface area contributed by atoms with Gasteiger partial charge in [0.15, 0.2) is 0 Å². The summed E-state index contributed by atoms with van der Waals surface area (Å²) < 4.78 is 0. The highest BCUT2D eigenvalue weighted by Gasteiger charge is 2.31. The molecule has 1 saturated carbocycles. The summed E-state index contributed by atoms with van der Waals surface area (Å²) in [5.41, 5.74) is 4.13. The highest BCUT2D eigenvalue weighted by Crippen LogP contribution is 2.35. The van der Waals surface area contributed by atoms with Gasteiger partial charge in [0.1, 0.15) is 5.78 Å². The van der Waals surface area contributed by atoms with Crippen LogP contribution in [0.5, 0.6) is 0 Å². The van der Waals surface area contributed by atoms with Gasteiger partial charge in [-0.1, -0.05) is 119 Å². The van der Waals surface area contributed by atoms with Crippen LogP contribution in [0, 0.1) is 5.92 Å². The van der Waals surface area contributed by atoms with Crippen molar-refractivity contribution >= 4 is 5.78 Å². The van der Waals surface area contributed by atoms with Crippen molar-refractivity contribution in [1.82, 2.24) is 4.90 Å². The molecule has 1 unspecified atom stereocenters. The van der Waals surface area contributed by atoms with Gasteiger partial charge in [-0.05, 0) is 36.0 Å². The fraction of sp³-hybridized carbons (Fsp3) is 0.567. The lowest BCUT2D eigenvalue weighted by atomic mass is 9.86. The van der Waals surface area contributed by atoms with E-state index in [1.807, 2.05) is 0 Å². The van der Waals surface area contributed by atoms with Gasteiger partial charge in [-0.3, -0.25) is 9.69 Å². The molecule has 1 fully saturated rings. The van der Waals surface area contributed by atoms with E-state index < -0.39 is 0 Å². The first-order chi connectivity index (χ1) is 15.8. The van der Waals surface area contributed by atoms with E-state index in [9.17, 15) is 4.79 Å². The molecule has 0 spiro atoms. The van der Waals surface area contributed by atoms with Gasteiger partial charge in [0.25, 0.3) is 0 Å². The molecular formula is C30H41NO.